The SMILES string of the molecule is COc1c(O)cc(O)c2c(=O)c(O)c(-c3ccc(N(C)CCCCN4CCCCC4)cc3)oc12. The monoisotopic (exact) mass is 468 g/mol. The van der Waals surface area contributed by atoms with Gasteiger partial charge in [-0.05, 0) is 69.6 Å². The van der Waals surface area contributed by atoms with Crippen LogP contribution in [0, 0.1) is 0 Å². The fourth-order valence-corrected chi connectivity index (χ4v) is 4.56. The maximum absolute atomic E-state index is 12.7. The Hall–Kier alpha value is -3.39. The second-order valence-corrected chi connectivity index (χ2v) is 8.84. The fraction of sp³-hybridized carbons (Fsp3) is 0.423. The number of anilines is 1. The van der Waals surface area contributed by atoms with Gasteiger partial charge in [-0.15, -0.1) is 0 Å². The van der Waals surface area contributed by atoms with Gasteiger partial charge in [-0.1, -0.05) is 6.42 Å². The molecule has 0 spiro atoms. The summed E-state index contributed by atoms with van der Waals surface area (Å²) in [4.78, 5) is 17.5. The third-order valence-electron chi connectivity index (χ3n) is 6.50. The molecule has 3 N–H and O–H groups in total. The van der Waals surface area contributed by atoms with E-state index in [1.165, 1.54) is 45.9 Å². The van der Waals surface area contributed by atoms with Crippen LogP contribution in [0.2, 0.25) is 0 Å². The highest BCUT2D eigenvalue weighted by molar-refractivity contribution is 5.93. The molecule has 1 aliphatic heterocycles. The molecule has 8 nitrogen and oxygen atoms in total. The molecule has 1 aromatic heterocycles. The average molecular weight is 469 g/mol. The van der Waals surface area contributed by atoms with Gasteiger partial charge in [0.05, 0.1) is 7.11 Å². The predicted molar refractivity (Wildman–Crippen MR) is 132 cm³/mol. The standard InChI is InChI=1S/C26H32N2O6/c1-27(12-6-7-15-28-13-4-3-5-14-28)18-10-8-17(9-11-18)24-23(32)22(31)21-19(29)16-20(30)25(33-2)26(21)34-24/h8-11,16,29-30,32H,3-7,12-15H2,1-2H3. The summed E-state index contributed by atoms with van der Waals surface area (Å²) in [7, 11) is 3.36. The normalized spacial score (nSPS) is 14.4. The highest BCUT2D eigenvalue weighted by Gasteiger charge is 2.23. The highest BCUT2D eigenvalue weighted by atomic mass is 16.5. The summed E-state index contributed by atoms with van der Waals surface area (Å²) < 4.78 is 10.9. The number of likely N-dealkylation sites (tertiary alicyclic amines) is 1. The Balaban J connectivity index is 1.50. The first-order valence-corrected chi connectivity index (χ1v) is 11.7. The number of aromatic hydroxyl groups is 3. The van der Waals surface area contributed by atoms with Gasteiger partial charge in [0.25, 0.3) is 0 Å². The molecule has 2 aromatic carbocycles. The molecule has 8 heteroatoms. The van der Waals surface area contributed by atoms with Crippen LogP contribution in [-0.4, -0.2) is 60.6 Å². The van der Waals surface area contributed by atoms with Gasteiger partial charge in [0.15, 0.2) is 17.1 Å². The first kappa shape index (κ1) is 23.8. The predicted octanol–water partition coefficient (Wildman–Crippen LogP) is 4.29. The molecule has 0 bridgehead atoms. The molecular weight excluding hydrogens is 436 g/mol. The number of methoxy groups -OCH3 is 1. The van der Waals surface area contributed by atoms with Gasteiger partial charge in [0.1, 0.15) is 11.1 Å². The van der Waals surface area contributed by atoms with Crippen molar-refractivity contribution in [3.8, 4) is 34.3 Å². The molecule has 0 saturated carbocycles. The fourth-order valence-electron chi connectivity index (χ4n) is 4.56. The molecule has 4 rings (SSSR count). The smallest absolute Gasteiger partial charge is 0.238 e. The first-order chi connectivity index (χ1) is 16.4. The number of hydrogen-bond acceptors (Lipinski definition) is 8. The number of rotatable bonds is 8. The van der Waals surface area contributed by atoms with E-state index in [1.54, 1.807) is 12.1 Å². The van der Waals surface area contributed by atoms with Gasteiger partial charge >= 0.3 is 0 Å². The van der Waals surface area contributed by atoms with E-state index in [2.05, 4.69) is 9.80 Å². The molecule has 0 unspecified atom stereocenters. The van der Waals surface area contributed by atoms with Crippen molar-refractivity contribution in [3.05, 3.63) is 40.6 Å². The summed E-state index contributed by atoms with van der Waals surface area (Å²) in [6.07, 6.45) is 6.25. The number of ether oxygens (including phenoxy) is 1. The topological polar surface area (TPSA) is 107 Å². The summed E-state index contributed by atoms with van der Waals surface area (Å²) >= 11 is 0. The lowest BCUT2D eigenvalue weighted by atomic mass is 10.1. The van der Waals surface area contributed by atoms with Gasteiger partial charge in [-0.2, -0.15) is 0 Å². The largest absolute Gasteiger partial charge is 0.507 e. The maximum atomic E-state index is 12.7. The average Bonchev–Trinajstić information content (AvgIpc) is 2.84. The van der Waals surface area contributed by atoms with E-state index >= 15 is 0 Å². The van der Waals surface area contributed by atoms with Crippen molar-refractivity contribution < 1.29 is 24.5 Å². The lowest BCUT2D eigenvalue weighted by molar-refractivity contribution is 0.225. The summed E-state index contributed by atoms with van der Waals surface area (Å²) in [5, 5.41) is 30.4. The lowest BCUT2D eigenvalue weighted by Gasteiger charge is -2.27. The molecular formula is C26H32N2O6. The number of hydrogen-bond donors (Lipinski definition) is 3. The van der Waals surface area contributed by atoms with Crippen LogP contribution < -0.4 is 15.1 Å². The maximum Gasteiger partial charge on any atom is 0.238 e. The van der Waals surface area contributed by atoms with Crippen LogP contribution in [0.4, 0.5) is 5.69 Å². The zero-order valence-electron chi connectivity index (χ0n) is 19.7. The van der Waals surface area contributed by atoms with Crippen molar-refractivity contribution in [2.24, 2.45) is 0 Å². The van der Waals surface area contributed by atoms with Gasteiger partial charge in [-0.3, -0.25) is 4.79 Å². The Morgan fingerprint density at radius 2 is 1.74 bits per heavy atom. The van der Waals surface area contributed by atoms with Crippen LogP contribution in [0.1, 0.15) is 32.1 Å². The van der Waals surface area contributed by atoms with Crippen molar-refractivity contribution in [3.63, 3.8) is 0 Å². The third-order valence-corrected chi connectivity index (χ3v) is 6.50. The number of piperidine rings is 1. The van der Waals surface area contributed by atoms with Crippen LogP contribution >= 0.6 is 0 Å². The number of benzene rings is 2. The molecule has 3 aromatic rings. The molecule has 0 aliphatic carbocycles. The summed E-state index contributed by atoms with van der Waals surface area (Å²) in [5.74, 6) is -1.64. The first-order valence-electron chi connectivity index (χ1n) is 11.7. The molecule has 0 amide bonds. The van der Waals surface area contributed by atoms with Gasteiger partial charge in [0, 0.05) is 30.9 Å². The van der Waals surface area contributed by atoms with E-state index < -0.39 is 16.9 Å². The van der Waals surface area contributed by atoms with Crippen LogP contribution in [-0.2, 0) is 0 Å². The van der Waals surface area contributed by atoms with Crippen LogP contribution in [0.25, 0.3) is 22.3 Å². The molecule has 0 radical (unpaired) electrons. The van der Waals surface area contributed by atoms with E-state index in [-0.39, 0.29) is 28.2 Å². The molecule has 1 aliphatic rings. The second-order valence-electron chi connectivity index (χ2n) is 8.84. The molecule has 1 saturated heterocycles. The Labute approximate surface area is 198 Å². The van der Waals surface area contributed by atoms with E-state index in [0.717, 1.165) is 31.3 Å². The molecule has 2 heterocycles. The quantitative estimate of drug-likeness (QED) is 0.421. The van der Waals surface area contributed by atoms with E-state index in [9.17, 15) is 20.1 Å². The number of fused-ring (bicyclic) bond motifs is 1. The summed E-state index contributed by atoms with van der Waals surface area (Å²) in [5.41, 5.74) is 0.565. The summed E-state index contributed by atoms with van der Waals surface area (Å²) in [6.45, 7) is 4.53. The van der Waals surface area contributed by atoms with E-state index in [1.807, 2.05) is 19.2 Å². The van der Waals surface area contributed by atoms with Crippen molar-refractivity contribution in [2.45, 2.75) is 32.1 Å². The van der Waals surface area contributed by atoms with Gasteiger partial charge in [-0.25, -0.2) is 0 Å². The Bertz CT molecular complexity index is 1200. The van der Waals surface area contributed by atoms with Crippen molar-refractivity contribution >= 4 is 16.7 Å². The molecule has 182 valence electrons. The number of phenols is 2. The molecule has 0 atom stereocenters. The third kappa shape index (κ3) is 4.77. The zero-order valence-corrected chi connectivity index (χ0v) is 19.7. The minimum absolute atomic E-state index is 0.0588. The van der Waals surface area contributed by atoms with Crippen LogP contribution in [0.15, 0.2) is 39.5 Å². The highest BCUT2D eigenvalue weighted by Crippen LogP contribution is 2.42. The second kappa shape index (κ2) is 10.3. The number of nitrogens with zero attached hydrogens (tertiary/aromatic N) is 2. The van der Waals surface area contributed by atoms with E-state index in [0.29, 0.717) is 5.56 Å². The van der Waals surface area contributed by atoms with Crippen molar-refractivity contribution in [2.75, 3.05) is 45.2 Å². The Morgan fingerprint density at radius 3 is 2.41 bits per heavy atom. The van der Waals surface area contributed by atoms with Gasteiger partial charge in [0.2, 0.25) is 16.9 Å². The zero-order chi connectivity index (χ0) is 24.2. The van der Waals surface area contributed by atoms with E-state index in [4.69, 9.17) is 9.15 Å². The van der Waals surface area contributed by atoms with Gasteiger partial charge < -0.3 is 34.3 Å². The molecule has 34 heavy (non-hydrogen) atoms. The van der Waals surface area contributed by atoms with Crippen molar-refractivity contribution in [1.82, 2.24) is 4.90 Å². The summed E-state index contributed by atoms with van der Waals surface area (Å²) in [6, 6.07) is 8.31. The Morgan fingerprint density at radius 1 is 1.03 bits per heavy atom. The number of phenolic OH excluding ortho intramolecular Hbond substituents is 2. The minimum Gasteiger partial charge on any atom is -0.507 e. The number of unbranched alkanes of at least 4 members (excludes halogenated alkanes) is 1. The van der Waals surface area contributed by atoms with Crippen molar-refractivity contribution in [1.29, 1.82) is 0 Å². The van der Waals surface area contributed by atoms with Crippen LogP contribution in [0.5, 0.6) is 23.0 Å². The van der Waals surface area contributed by atoms with Crippen LogP contribution in [0.3, 0.4) is 0 Å². The minimum atomic E-state index is -0.804. The Kier molecular flexibility index (Phi) is 7.17. The lowest BCUT2D eigenvalue weighted by Crippen LogP contribution is -2.31. The molecule has 1 fully saturated rings.